The molecule has 1 spiro atoms. The summed E-state index contributed by atoms with van der Waals surface area (Å²) in [6.07, 6.45) is 0. The van der Waals surface area contributed by atoms with Gasteiger partial charge in [-0.3, -0.25) is 0 Å². The zero-order valence-electron chi connectivity index (χ0n) is 30.9. The fraction of sp³-hybridized carbons (Fsp3) is 0.0182. The molecular formula is C55H33NO. The maximum atomic E-state index is 6.55. The lowest BCUT2D eigenvalue weighted by atomic mass is 9.65. The van der Waals surface area contributed by atoms with Gasteiger partial charge >= 0.3 is 0 Å². The zero-order valence-corrected chi connectivity index (χ0v) is 30.9. The summed E-state index contributed by atoms with van der Waals surface area (Å²) in [5.74, 6) is 0. The molecule has 1 unspecified atom stereocenters. The average Bonchev–Trinajstić information content (AvgIpc) is 3.70. The van der Waals surface area contributed by atoms with E-state index in [1.807, 2.05) is 0 Å². The van der Waals surface area contributed by atoms with Gasteiger partial charge in [0.05, 0.1) is 16.8 Å². The number of fused-ring (bicyclic) bond motifs is 20. The summed E-state index contributed by atoms with van der Waals surface area (Å²) in [7, 11) is 0. The van der Waals surface area contributed by atoms with Crippen molar-refractivity contribution in [3.05, 3.63) is 222 Å². The Hall–Kier alpha value is -7.42. The van der Waals surface area contributed by atoms with Gasteiger partial charge < -0.3 is 9.32 Å². The van der Waals surface area contributed by atoms with Crippen molar-refractivity contribution in [1.82, 2.24) is 0 Å². The summed E-state index contributed by atoms with van der Waals surface area (Å²) in [5, 5.41) is 2.29. The molecule has 0 amide bonds. The second kappa shape index (κ2) is 11.3. The van der Waals surface area contributed by atoms with E-state index in [1.54, 1.807) is 0 Å². The molecule has 13 rings (SSSR count). The Bertz CT molecular complexity index is 3260. The quantitative estimate of drug-likeness (QED) is 0.168. The van der Waals surface area contributed by atoms with E-state index >= 15 is 0 Å². The van der Waals surface area contributed by atoms with Gasteiger partial charge in [-0.15, -0.1) is 0 Å². The molecule has 0 fully saturated rings. The average molecular weight is 724 g/mol. The van der Waals surface area contributed by atoms with Gasteiger partial charge in [0.15, 0.2) is 0 Å². The van der Waals surface area contributed by atoms with Gasteiger partial charge in [0.25, 0.3) is 0 Å². The number of benzene rings is 9. The molecule has 0 saturated carbocycles. The second-order valence-corrected chi connectivity index (χ2v) is 15.5. The van der Waals surface area contributed by atoms with Crippen LogP contribution in [-0.4, -0.2) is 0 Å². The molecule has 1 atom stereocenters. The normalized spacial score (nSPS) is 15.4. The van der Waals surface area contributed by atoms with Gasteiger partial charge in [0, 0.05) is 27.6 Å². The number of para-hydroxylation sites is 3. The Labute approximate surface area is 330 Å². The van der Waals surface area contributed by atoms with E-state index in [0.717, 1.165) is 27.6 Å². The van der Waals surface area contributed by atoms with Crippen LogP contribution in [0.3, 0.4) is 0 Å². The van der Waals surface area contributed by atoms with Crippen LogP contribution in [0.25, 0.3) is 77.6 Å². The highest BCUT2D eigenvalue weighted by atomic mass is 16.3. The third-order valence-corrected chi connectivity index (χ3v) is 12.8. The van der Waals surface area contributed by atoms with Crippen LogP contribution in [-0.2, 0) is 5.41 Å². The molecule has 2 nitrogen and oxygen atoms in total. The first kappa shape index (κ1) is 30.9. The van der Waals surface area contributed by atoms with E-state index in [-0.39, 0.29) is 0 Å². The molecule has 1 aromatic heterocycles. The van der Waals surface area contributed by atoms with Gasteiger partial charge in [0.1, 0.15) is 11.2 Å². The van der Waals surface area contributed by atoms with Crippen molar-refractivity contribution in [3.63, 3.8) is 0 Å². The largest absolute Gasteiger partial charge is 0.456 e. The third kappa shape index (κ3) is 3.99. The van der Waals surface area contributed by atoms with Crippen LogP contribution in [0.2, 0.25) is 0 Å². The van der Waals surface area contributed by atoms with Crippen LogP contribution in [0, 0.1) is 0 Å². The highest BCUT2D eigenvalue weighted by molar-refractivity contribution is 6.09. The topological polar surface area (TPSA) is 16.4 Å². The molecule has 10 aromatic rings. The molecule has 0 saturated heterocycles. The van der Waals surface area contributed by atoms with Crippen molar-refractivity contribution in [1.29, 1.82) is 0 Å². The number of furan rings is 1. The molecule has 1 aliphatic heterocycles. The van der Waals surface area contributed by atoms with Crippen LogP contribution in [0.5, 0.6) is 0 Å². The fourth-order valence-electron chi connectivity index (χ4n) is 10.6. The number of hydrogen-bond donors (Lipinski definition) is 0. The van der Waals surface area contributed by atoms with Crippen molar-refractivity contribution in [2.24, 2.45) is 0 Å². The molecule has 2 heteroatoms. The second-order valence-electron chi connectivity index (χ2n) is 15.5. The van der Waals surface area contributed by atoms with Crippen molar-refractivity contribution < 1.29 is 4.42 Å². The Balaban J connectivity index is 1.17. The Kier molecular flexibility index (Phi) is 6.13. The summed E-state index contributed by atoms with van der Waals surface area (Å²) >= 11 is 0. The molecule has 3 aliphatic rings. The molecule has 2 heterocycles. The monoisotopic (exact) mass is 723 g/mol. The molecular weight excluding hydrogens is 691 g/mol. The summed E-state index contributed by atoms with van der Waals surface area (Å²) < 4.78 is 6.55. The van der Waals surface area contributed by atoms with Gasteiger partial charge in [-0.05, 0) is 109 Å². The number of anilines is 3. The summed E-state index contributed by atoms with van der Waals surface area (Å²) in [6.45, 7) is 0. The summed E-state index contributed by atoms with van der Waals surface area (Å²) in [5.41, 5.74) is 22.2. The first-order chi connectivity index (χ1) is 28.3. The minimum Gasteiger partial charge on any atom is -0.456 e. The number of nitrogens with zero attached hydrogens (tertiary/aromatic N) is 1. The van der Waals surface area contributed by atoms with Crippen molar-refractivity contribution in [2.75, 3.05) is 4.90 Å². The first-order valence-electron chi connectivity index (χ1n) is 19.8. The Morgan fingerprint density at radius 1 is 0.298 bits per heavy atom. The zero-order chi connectivity index (χ0) is 37.2. The van der Waals surface area contributed by atoms with Gasteiger partial charge in [-0.2, -0.15) is 0 Å². The lowest BCUT2D eigenvalue weighted by Crippen LogP contribution is -2.29. The van der Waals surface area contributed by atoms with Crippen LogP contribution < -0.4 is 4.90 Å². The predicted molar refractivity (Wildman–Crippen MR) is 235 cm³/mol. The van der Waals surface area contributed by atoms with Gasteiger partial charge in [-0.1, -0.05) is 158 Å². The fourth-order valence-corrected chi connectivity index (χ4v) is 10.6. The highest BCUT2D eigenvalue weighted by Crippen LogP contribution is 2.63. The molecule has 9 aromatic carbocycles. The summed E-state index contributed by atoms with van der Waals surface area (Å²) in [6, 6.07) is 74.2. The van der Waals surface area contributed by atoms with Gasteiger partial charge in [0.2, 0.25) is 0 Å². The number of hydrogen-bond acceptors (Lipinski definition) is 2. The van der Waals surface area contributed by atoms with Crippen LogP contribution in [0.1, 0.15) is 22.3 Å². The molecule has 0 bridgehead atoms. The molecule has 264 valence electrons. The summed E-state index contributed by atoms with van der Waals surface area (Å²) in [4.78, 5) is 2.48. The van der Waals surface area contributed by atoms with Crippen molar-refractivity contribution >= 4 is 39.0 Å². The Morgan fingerprint density at radius 2 is 0.754 bits per heavy atom. The minimum absolute atomic E-state index is 0.604. The molecule has 2 aliphatic carbocycles. The number of rotatable bonds is 1. The smallest absolute Gasteiger partial charge is 0.136 e. The van der Waals surface area contributed by atoms with E-state index in [1.165, 1.54) is 89.3 Å². The van der Waals surface area contributed by atoms with E-state index in [4.69, 9.17) is 4.42 Å². The van der Waals surface area contributed by atoms with E-state index < -0.39 is 5.41 Å². The maximum Gasteiger partial charge on any atom is 0.136 e. The standard InChI is InChI=1S/C55H33NO/c1-4-18-38-35(15-1)39-19-5-10-24-47(39)55(48-25-11-6-20-40(48)45-33-54-46(32-50(45)55)43-23-9-14-28-53(43)57-54)49-30-29-34(31-44(38)49)56-51-26-12-7-21-41(51)36-16-2-3-17-37(36)42-22-8-13-27-52(42)56/h1-33H. The van der Waals surface area contributed by atoms with Crippen molar-refractivity contribution in [3.8, 4) is 55.6 Å². The highest BCUT2D eigenvalue weighted by Gasteiger charge is 2.50. The SMILES string of the molecule is c1ccc2c(c1)-c1ccccc1N(c1ccc3c(c1)-c1ccccc1-c1ccccc1C31c3ccccc3-c3cc4oc5ccccc5c4cc31)c1ccccc1-2. The predicted octanol–water partition coefficient (Wildman–Crippen LogP) is 14.7. The van der Waals surface area contributed by atoms with Gasteiger partial charge in [-0.25, -0.2) is 0 Å². The van der Waals surface area contributed by atoms with Crippen LogP contribution >= 0.6 is 0 Å². The van der Waals surface area contributed by atoms with Crippen LogP contribution in [0.4, 0.5) is 17.1 Å². The first-order valence-corrected chi connectivity index (χ1v) is 19.8. The maximum absolute atomic E-state index is 6.55. The minimum atomic E-state index is -0.604. The lowest BCUT2D eigenvalue weighted by molar-refractivity contribution is 0.668. The lowest BCUT2D eigenvalue weighted by Gasteiger charge is -2.36. The molecule has 57 heavy (non-hydrogen) atoms. The molecule has 0 N–H and O–H groups in total. The van der Waals surface area contributed by atoms with Crippen molar-refractivity contribution in [2.45, 2.75) is 5.41 Å². The van der Waals surface area contributed by atoms with E-state index in [9.17, 15) is 0 Å². The Morgan fingerprint density at radius 3 is 1.40 bits per heavy atom. The third-order valence-electron chi connectivity index (χ3n) is 12.8. The molecule has 0 radical (unpaired) electrons. The van der Waals surface area contributed by atoms with E-state index in [0.29, 0.717) is 0 Å². The van der Waals surface area contributed by atoms with E-state index in [2.05, 4.69) is 205 Å². The van der Waals surface area contributed by atoms with Crippen LogP contribution in [0.15, 0.2) is 205 Å².